The third-order valence-electron chi connectivity index (χ3n) is 3.98. The highest BCUT2D eigenvalue weighted by Gasteiger charge is 2.43. The van der Waals surface area contributed by atoms with Crippen molar-refractivity contribution in [3.05, 3.63) is 0 Å². The van der Waals surface area contributed by atoms with E-state index in [-0.39, 0.29) is 17.4 Å². The van der Waals surface area contributed by atoms with E-state index in [4.69, 9.17) is 0 Å². The second-order valence-corrected chi connectivity index (χ2v) is 5.34. The van der Waals surface area contributed by atoms with E-state index in [2.05, 4.69) is 24.5 Å². The van der Waals surface area contributed by atoms with Crippen molar-refractivity contribution in [2.45, 2.75) is 46.1 Å². The Bertz CT molecular complexity index is 248. The molecule has 0 aromatic carbocycles. The van der Waals surface area contributed by atoms with Crippen LogP contribution in [0.25, 0.3) is 0 Å². The van der Waals surface area contributed by atoms with Crippen LogP contribution in [0.2, 0.25) is 0 Å². The molecule has 1 heterocycles. The molecule has 4 heteroatoms. The first kappa shape index (κ1) is 14.5. The second kappa shape index (κ2) is 6.36. The van der Waals surface area contributed by atoms with E-state index >= 15 is 0 Å². The first-order valence-electron chi connectivity index (χ1n) is 6.70. The minimum atomic E-state index is -0.299. The van der Waals surface area contributed by atoms with Crippen LogP contribution in [0.5, 0.6) is 0 Å². The Hall–Kier alpha value is -0.610. The molecule has 100 valence electrons. The minimum absolute atomic E-state index is 0.140. The number of amides is 1. The van der Waals surface area contributed by atoms with E-state index in [0.717, 1.165) is 25.9 Å². The number of nitrogens with one attached hydrogen (secondary N) is 2. The summed E-state index contributed by atoms with van der Waals surface area (Å²) in [6.07, 6.45) is 2.00. The molecule has 1 rings (SSSR count). The summed E-state index contributed by atoms with van der Waals surface area (Å²) in [5, 5.41) is 15.7. The molecule has 0 spiro atoms. The number of aliphatic hydroxyl groups excluding tert-OH is 1. The molecule has 1 aliphatic heterocycles. The van der Waals surface area contributed by atoms with Gasteiger partial charge in [-0.15, -0.1) is 0 Å². The SMILES string of the molecule is CCC(O)CCNC(=O)C1(C(C)C)CCNC1. The van der Waals surface area contributed by atoms with Gasteiger partial charge in [-0.3, -0.25) is 4.79 Å². The van der Waals surface area contributed by atoms with Crippen molar-refractivity contribution in [3.8, 4) is 0 Å². The Labute approximate surface area is 104 Å². The fourth-order valence-electron chi connectivity index (χ4n) is 2.39. The molecule has 1 amide bonds. The maximum atomic E-state index is 12.2. The fraction of sp³-hybridized carbons (Fsp3) is 0.923. The average molecular weight is 242 g/mol. The number of carbonyl (C=O) groups is 1. The highest BCUT2D eigenvalue weighted by atomic mass is 16.3. The molecule has 3 N–H and O–H groups in total. The lowest BCUT2D eigenvalue weighted by molar-refractivity contribution is -0.132. The number of hydrogen-bond donors (Lipinski definition) is 3. The van der Waals surface area contributed by atoms with Gasteiger partial charge in [0.1, 0.15) is 0 Å². The number of aliphatic hydroxyl groups is 1. The molecule has 17 heavy (non-hydrogen) atoms. The largest absolute Gasteiger partial charge is 0.393 e. The van der Waals surface area contributed by atoms with Crippen LogP contribution in [0.3, 0.4) is 0 Å². The van der Waals surface area contributed by atoms with E-state index in [1.165, 1.54) is 0 Å². The Morgan fingerprint density at radius 1 is 1.53 bits per heavy atom. The molecule has 0 radical (unpaired) electrons. The lowest BCUT2D eigenvalue weighted by Gasteiger charge is -2.31. The van der Waals surface area contributed by atoms with Gasteiger partial charge >= 0.3 is 0 Å². The maximum Gasteiger partial charge on any atom is 0.227 e. The first-order chi connectivity index (χ1) is 8.03. The smallest absolute Gasteiger partial charge is 0.227 e. The molecule has 2 unspecified atom stereocenters. The second-order valence-electron chi connectivity index (χ2n) is 5.34. The molecule has 1 saturated heterocycles. The van der Waals surface area contributed by atoms with Gasteiger partial charge in [-0.2, -0.15) is 0 Å². The van der Waals surface area contributed by atoms with Gasteiger partial charge < -0.3 is 15.7 Å². The normalized spacial score (nSPS) is 26.2. The average Bonchev–Trinajstić information content (AvgIpc) is 2.78. The van der Waals surface area contributed by atoms with Crippen molar-refractivity contribution in [1.29, 1.82) is 0 Å². The van der Waals surface area contributed by atoms with E-state index < -0.39 is 0 Å². The standard InChI is InChI=1S/C13H26N2O2/c1-4-11(16)5-7-15-12(17)13(10(2)3)6-8-14-9-13/h10-11,14,16H,4-9H2,1-3H3,(H,15,17). The van der Waals surface area contributed by atoms with Gasteiger partial charge in [0.25, 0.3) is 0 Å². The van der Waals surface area contributed by atoms with Gasteiger partial charge in [-0.1, -0.05) is 20.8 Å². The molecule has 0 aromatic rings. The van der Waals surface area contributed by atoms with Crippen LogP contribution < -0.4 is 10.6 Å². The van der Waals surface area contributed by atoms with Crippen LogP contribution in [0.15, 0.2) is 0 Å². The van der Waals surface area contributed by atoms with Crippen molar-refractivity contribution in [3.63, 3.8) is 0 Å². The minimum Gasteiger partial charge on any atom is -0.393 e. The van der Waals surface area contributed by atoms with E-state index in [0.29, 0.717) is 18.9 Å². The molecular formula is C13H26N2O2. The number of hydrogen-bond acceptors (Lipinski definition) is 3. The summed E-state index contributed by atoms with van der Waals surface area (Å²) in [6.45, 7) is 8.42. The molecule has 0 aliphatic carbocycles. The quantitative estimate of drug-likeness (QED) is 0.648. The first-order valence-corrected chi connectivity index (χ1v) is 6.70. The van der Waals surface area contributed by atoms with Gasteiger partial charge in [-0.05, 0) is 31.7 Å². The van der Waals surface area contributed by atoms with Gasteiger partial charge in [0.15, 0.2) is 0 Å². The van der Waals surface area contributed by atoms with E-state index in [1.807, 2.05) is 6.92 Å². The molecule has 1 fully saturated rings. The van der Waals surface area contributed by atoms with Gasteiger partial charge in [0.05, 0.1) is 11.5 Å². The third kappa shape index (κ3) is 3.42. The number of carbonyl (C=O) groups excluding carboxylic acids is 1. The van der Waals surface area contributed by atoms with Crippen molar-refractivity contribution in [2.24, 2.45) is 11.3 Å². The molecule has 2 atom stereocenters. The summed E-state index contributed by atoms with van der Waals surface area (Å²) < 4.78 is 0. The summed E-state index contributed by atoms with van der Waals surface area (Å²) in [7, 11) is 0. The number of rotatable bonds is 6. The van der Waals surface area contributed by atoms with Crippen molar-refractivity contribution >= 4 is 5.91 Å². The molecule has 0 saturated carbocycles. The third-order valence-corrected chi connectivity index (χ3v) is 3.98. The van der Waals surface area contributed by atoms with Crippen LogP contribution in [0.4, 0.5) is 0 Å². The molecular weight excluding hydrogens is 216 g/mol. The van der Waals surface area contributed by atoms with Crippen LogP contribution in [0, 0.1) is 11.3 Å². The van der Waals surface area contributed by atoms with Crippen LogP contribution in [-0.4, -0.2) is 36.8 Å². The molecule has 1 aliphatic rings. The summed E-state index contributed by atoms with van der Waals surface area (Å²) in [5.41, 5.74) is -0.253. The van der Waals surface area contributed by atoms with Gasteiger partial charge in [-0.25, -0.2) is 0 Å². The van der Waals surface area contributed by atoms with Crippen LogP contribution >= 0.6 is 0 Å². The zero-order chi connectivity index (χ0) is 12.9. The monoisotopic (exact) mass is 242 g/mol. The summed E-state index contributed by atoms with van der Waals surface area (Å²) in [5.74, 6) is 0.481. The van der Waals surface area contributed by atoms with E-state index in [1.54, 1.807) is 0 Å². The van der Waals surface area contributed by atoms with Gasteiger partial charge in [0, 0.05) is 13.1 Å². The topological polar surface area (TPSA) is 61.4 Å². The lowest BCUT2D eigenvalue weighted by atomic mass is 9.75. The van der Waals surface area contributed by atoms with Crippen molar-refractivity contribution in [1.82, 2.24) is 10.6 Å². The van der Waals surface area contributed by atoms with Crippen molar-refractivity contribution < 1.29 is 9.90 Å². The molecule has 0 aromatic heterocycles. The Balaban J connectivity index is 2.44. The zero-order valence-corrected chi connectivity index (χ0v) is 11.3. The predicted molar refractivity (Wildman–Crippen MR) is 68.7 cm³/mol. The van der Waals surface area contributed by atoms with Gasteiger partial charge in [0.2, 0.25) is 5.91 Å². The lowest BCUT2D eigenvalue weighted by Crippen LogP contribution is -2.46. The van der Waals surface area contributed by atoms with Crippen LogP contribution in [0.1, 0.15) is 40.0 Å². The Morgan fingerprint density at radius 3 is 2.71 bits per heavy atom. The highest BCUT2D eigenvalue weighted by Crippen LogP contribution is 2.34. The molecule has 0 bridgehead atoms. The Kier molecular flexibility index (Phi) is 5.40. The van der Waals surface area contributed by atoms with E-state index in [9.17, 15) is 9.90 Å². The summed E-state index contributed by atoms with van der Waals surface area (Å²) in [6, 6.07) is 0. The summed E-state index contributed by atoms with van der Waals surface area (Å²) >= 11 is 0. The Morgan fingerprint density at radius 2 is 2.24 bits per heavy atom. The highest BCUT2D eigenvalue weighted by molar-refractivity contribution is 5.83. The zero-order valence-electron chi connectivity index (χ0n) is 11.3. The van der Waals surface area contributed by atoms with Crippen LogP contribution in [-0.2, 0) is 4.79 Å². The maximum absolute atomic E-state index is 12.2. The van der Waals surface area contributed by atoms with Crippen molar-refractivity contribution in [2.75, 3.05) is 19.6 Å². The predicted octanol–water partition coefficient (Wildman–Crippen LogP) is 0.899. The fourth-order valence-corrected chi connectivity index (χ4v) is 2.39. The summed E-state index contributed by atoms with van der Waals surface area (Å²) in [4.78, 5) is 12.2. The molecule has 4 nitrogen and oxygen atoms in total.